The van der Waals surface area contributed by atoms with Crippen LogP contribution in [-0.2, 0) is 4.79 Å². The van der Waals surface area contributed by atoms with Crippen molar-refractivity contribution in [3.8, 4) is 0 Å². The highest BCUT2D eigenvalue weighted by molar-refractivity contribution is 5.78. The van der Waals surface area contributed by atoms with Crippen LogP contribution < -0.4 is 10.6 Å². The fourth-order valence-electron chi connectivity index (χ4n) is 2.05. The molecule has 0 heterocycles. The van der Waals surface area contributed by atoms with E-state index < -0.39 is 0 Å². The molecule has 19 heavy (non-hydrogen) atoms. The van der Waals surface area contributed by atoms with Gasteiger partial charge in [-0.1, -0.05) is 30.3 Å². The highest BCUT2D eigenvalue weighted by atomic mass is 16.2. The zero-order chi connectivity index (χ0) is 13.7. The lowest BCUT2D eigenvalue weighted by molar-refractivity contribution is -0.121. The molecule has 0 bridgehead atoms. The molecule has 2 N–H and O–H groups in total. The lowest BCUT2D eigenvalue weighted by Crippen LogP contribution is -2.40. The minimum Gasteiger partial charge on any atom is -0.347 e. The standard InChI is InChI=1S/C15H23N3O/c1-18(2)11-14(12-6-4-3-5-7-12)17-15(19)10-16-13-8-9-13/h3-7,13-14,16H,8-11H2,1-2H3,(H,17,19). The van der Waals surface area contributed by atoms with Gasteiger partial charge in [0.2, 0.25) is 5.91 Å². The number of nitrogens with one attached hydrogen (secondary N) is 2. The van der Waals surface area contributed by atoms with Crippen molar-refractivity contribution in [1.29, 1.82) is 0 Å². The molecule has 1 unspecified atom stereocenters. The lowest BCUT2D eigenvalue weighted by atomic mass is 10.1. The van der Waals surface area contributed by atoms with Crippen LogP contribution in [0.4, 0.5) is 0 Å². The molecule has 1 saturated carbocycles. The van der Waals surface area contributed by atoms with Gasteiger partial charge in [0.05, 0.1) is 12.6 Å². The van der Waals surface area contributed by atoms with Crippen LogP contribution in [0.5, 0.6) is 0 Å². The second-order valence-electron chi connectivity index (χ2n) is 5.45. The first-order chi connectivity index (χ1) is 9.15. The summed E-state index contributed by atoms with van der Waals surface area (Å²) in [7, 11) is 4.04. The number of likely N-dealkylation sites (N-methyl/N-ethyl adjacent to an activating group) is 1. The van der Waals surface area contributed by atoms with Gasteiger partial charge in [-0.2, -0.15) is 0 Å². The van der Waals surface area contributed by atoms with Gasteiger partial charge in [-0.15, -0.1) is 0 Å². The topological polar surface area (TPSA) is 44.4 Å². The molecule has 0 aliphatic heterocycles. The first-order valence-electron chi connectivity index (χ1n) is 6.87. The molecular formula is C15H23N3O. The molecule has 1 fully saturated rings. The third kappa shape index (κ3) is 5.01. The summed E-state index contributed by atoms with van der Waals surface area (Å²) in [5.74, 6) is 0.0719. The second-order valence-corrected chi connectivity index (χ2v) is 5.45. The van der Waals surface area contributed by atoms with E-state index in [4.69, 9.17) is 0 Å². The largest absolute Gasteiger partial charge is 0.347 e. The van der Waals surface area contributed by atoms with Crippen LogP contribution in [0.3, 0.4) is 0 Å². The van der Waals surface area contributed by atoms with Gasteiger partial charge in [0.25, 0.3) is 0 Å². The quantitative estimate of drug-likeness (QED) is 0.774. The minimum atomic E-state index is 0.0460. The van der Waals surface area contributed by atoms with Gasteiger partial charge in [-0.3, -0.25) is 4.79 Å². The predicted octanol–water partition coefficient (Wildman–Crippen LogP) is 1.16. The average molecular weight is 261 g/mol. The average Bonchev–Trinajstić information content (AvgIpc) is 3.20. The molecule has 0 aromatic heterocycles. The number of amides is 1. The molecule has 0 radical (unpaired) electrons. The summed E-state index contributed by atoms with van der Waals surface area (Å²) in [6.45, 7) is 1.22. The SMILES string of the molecule is CN(C)CC(NC(=O)CNC1CC1)c1ccccc1. The number of carbonyl (C=O) groups is 1. The Labute approximate surface area is 115 Å². The van der Waals surface area contributed by atoms with Crippen LogP contribution in [0.2, 0.25) is 0 Å². The summed E-state index contributed by atoms with van der Waals surface area (Å²) < 4.78 is 0. The van der Waals surface area contributed by atoms with E-state index in [9.17, 15) is 4.79 Å². The van der Waals surface area contributed by atoms with Gasteiger partial charge in [0.1, 0.15) is 0 Å². The fraction of sp³-hybridized carbons (Fsp3) is 0.533. The number of hydrogen-bond donors (Lipinski definition) is 2. The van der Waals surface area contributed by atoms with Crippen LogP contribution in [0, 0.1) is 0 Å². The van der Waals surface area contributed by atoms with Gasteiger partial charge >= 0.3 is 0 Å². The molecule has 4 nitrogen and oxygen atoms in total. The van der Waals surface area contributed by atoms with Crippen molar-refractivity contribution < 1.29 is 4.79 Å². The van der Waals surface area contributed by atoms with E-state index in [-0.39, 0.29) is 11.9 Å². The number of carbonyl (C=O) groups excluding carboxylic acids is 1. The van der Waals surface area contributed by atoms with Crippen molar-refractivity contribution in [1.82, 2.24) is 15.5 Å². The normalized spacial score (nSPS) is 16.4. The van der Waals surface area contributed by atoms with E-state index in [2.05, 4.69) is 27.7 Å². The number of benzene rings is 1. The summed E-state index contributed by atoms with van der Waals surface area (Å²) in [6, 6.07) is 10.7. The van der Waals surface area contributed by atoms with E-state index in [1.165, 1.54) is 12.8 Å². The smallest absolute Gasteiger partial charge is 0.234 e. The first kappa shape index (κ1) is 14.0. The van der Waals surface area contributed by atoms with Crippen LogP contribution in [0.25, 0.3) is 0 Å². The number of hydrogen-bond acceptors (Lipinski definition) is 3. The van der Waals surface area contributed by atoms with E-state index in [1.807, 2.05) is 32.3 Å². The molecule has 1 amide bonds. The molecule has 1 atom stereocenters. The van der Waals surface area contributed by atoms with Crippen molar-refractivity contribution in [3.05, 3.63) is 35.9 Å². The fourth-order valence-corrected chi connectivity index (χ4v) is 2.05. The third-order valence-electron chi connectivity index (χ3n) is 3.21. The summed E-state index contributed by atoms with van der Waals surface area (Å²) in [4.78, 5) is 14.0. The van der Waals surface area contributed by atoms with E-state index in [1.54, 1.807) is 0 Å². The van der Waals surface area contributed by atoms with Crippen LogP contribution in [-0.4, -0.2) is 44.0 Å². The van der Waals surface area contributed by atoms with Crippen molar-refractivity contribution in [2.75, 3.05) is 27.2 Å². The Bertz CT molecular complexity index is 401. The Morgan fingerprint density at radius 3 is 2.58 bits per heavy atom. The van der Waals surface area contributed by atoms with Gasteiger partial charge < -0.3 is 15.5 Å². The predicted molar refractivity (Wildman–Crippen MR) is 76.9 cm³/mol. The zero-order valence-electron chi connectivity index (χ0n) is 11.7. The highest BCUT2D eigenvalue weighted by Crippen LogP contribution is 2.18. The van der Waals surface area contributed by atoms with Crippen molar-refractivity contribution >= 4 is 5.91 Å². The molecule has 0 saturated heterocycles. The minimum absolute atomic E-state index is 0.0460. The van der Waals surface area contributed by atoms with Gasteiger partial charge in [0, 0.05) is 12.6 Å². The Balaban J connectivity index is 1.90. The highest BCUT2D eigenvalue weighted by Gasteiger charge is 2.22. The Hall–Kier alpha value is -1.39. The van der Waals surface area contributed by atoms with Gasteiger partial charge in [-0.05, 0) is 32.5 Å². The number of nitrogens with zero attached hydrogens (tertiary/aromatic N) is 1. The zero-order valence-corrected chi connectivity index (χ0v) is 11.7. The molecule has 2 rings (SSSR count). The molecule has 0 spiro atoms. The van der Waals surface area contributed by atoms with Crippen molar-refractivity contribution in [2.24, 2.45) is 0 Å². The molecular weight excluding hydrogens is 238 g/mol. The number of rotatable bonds is 7. The monoisotopic (exact) mass is 261 g/mol. The second kappa shape index (κ2) is 6.68. The van der Waals surface area contributed by atoms with Crippen molar-refractivity contribution in [2.45, 2.75) is 24.9 Å². The summed E-state index contributed by atoms with van der Waals surface area (Å²) in [5, 5.41) is 6.35. The van der Waals surface area contributed by atoms with Gasteiger partial charge in [-0.25, -0.2) is 0 Å². The van der Waals surface area contributed by atoms with E-state index >= 15 is 0 Å². The van der Waals surface area contributed by atoms with Crippen molar-refractivity contribution in [3.63, 3.8) is 0 Å². The molecule has 4 heteroatoms. The Kier molecular flexibility index (Phi) is 4.93. The Morgan fingerprint density at radius 1 is 1.32 bits per heavy atom. The summed E-state index contributed by atoms with van der Waals surface area (Å²) in [6.07, 6.45) is 2.40. The van der Waals surface area contributed by atoms with Crippen LogP contribution in [0.15, 0.2) is 30.3 Å². The van der Waals surface area contributed by atoms with Crippen LogP contribution in [0.1, 0.15) is 24.4 Å². The maximum atomic E-state index is 11.9. The van der Waals surface area contributed by atoms with Crippen LogP contribution >= 0.6 is 0 Å². The summed E-state index contributed by atoms with van der Waals surface area (Å²) >= 11 is 0. The first-order valence-corrected chi connectivity index (χ1v) is 6.87. The third-order valence-corrected chi connectivity index (χ3v) is 3.21. The molecule has 1 aliphatic carbocycles. The molecule has 1 aliphatic rings. The maximum Gasteiger partial charge on any atom is 0.234 e. The summed E-state index contributed by atoms with van der Waals surface area (Å²) in [5.41, 5.74) is 1.15. The van der Waals surface area contributed by atoms with E-state index in [0.717, 1.165) is 12.1 Å². The maximum absolute atomic E-state index is 11.9. The van der Waals surface area contributed by atoms with E-state index in [0.29, 0.717) is 12.6 Å². The molecule has 1 aromatic rings. The lowest BCUT2D eigenvalue weighted by Gasteiger charge is -2.23. The van der Waals surface area contributed by atoms with Gasteiger partial charge in [0.15, 0.2) is 0 Å². The Morgan fingerprint density at radius 2 is 2.00 bits per heavy atom. The molecule has 1 aromatic carbocycles. The molecule has 104 valence electrons.